The van der Waals surface area contributed by atoms with Crippen LogP contribution >= 0.6 is 0 Å². The Kier molecular flexibility index (Phi) is 5.61. The van der Waals surface area contributed by atoms with Gasteiger partial charge in [0.1, 0.15) is 37.4 Å². The number of rotatable bonds is 7. The predicted molar refractivity (Wildman–Crippen MR) is 102 cm³/mol. The molecule has 1 aromatic heterocycles. The summed E-state index contributed by atoms with van der Waals surface area (Å²) >= 11 is 0. The molecule has 3 N–H and O–H groups in total. The largest absolute Gasteiger partial charge is 0.489 e. The van der Waals surface area contributed by atoms with Crippen LogP contribution in [0.1, 0.15) is 11.1 Å². The number of nitrogens with one attached hydrogen (secondary N) is 1. The second kappa shape index (κ2) is 8.48. The number of aromatic nitrogens is 2. The minimum absolute atomic E-state index is 0.311. The summed E-state index contributed by atoms with van der Waals surface area (Å²) in [5, 5.41) is 6.92. The van der Waals surface area contributed by atoms with Gasteiger partial charge in [0.15, 0.2) is 0 Å². The van der Waals surface area contributed by atoms with Gasteiger partial charge in [-0.05, 0) is 29.8 Å². The SMILES string of the molecule is CON=Cc1c(N)ncnc1Nc1ccc(OCc2ccccc2)cc1. The van der Waals surface area contributed by atoms with Crippen LogP contribution in [-0.2, 0) is 11.4 Å². The van der Waals surface area contributed by atoms with Crippen molar-refractivity contribution in [1.82, 2.24) is 9.97 Å². The molecule has 0 radical (unpaired) electrons. The Hall–Kier alpha value is -3.61. The van der Waals surface area contributed by atoms with Crippen molar-refractivity contribution in [2.45, 2.75) is 6.61 Å². The topological polar surface area (TPSA) is 94.7 Å². The molecule has 0 aliphatic heterocycles. The first-order valence-corrected chi connectivity index (χ1v) is 7.97. The Labute approximate surface area is 151 Å². The van der Waals surface area contributed by atoms with Gasteiger partial charge in [-0.1, -0.05) is 35.5 Å². The van der Waals surface area contributed by atoms with Crippen LogP contribution in [0.4, 0.5) is 17.3 Å². The van der Waals surface area contributed by atoms with Crippen molar-refractivity contribution in [2.24, 2.45) is 5.16 Å². The molecule has 26 heavy (non-hydrogen) atoms. The lowest BCUT2D eigenvalue weighted by atomic mass is 10.2. The van der Waals surface area contributed by atoms with Crippen LogP contribution in [0.5, 0.6) is 5.75 Å². The Morgan fingerprint density at radius 1 is 1.08 bits per heavy atom. The van der Waals surface area contributed by atoms with Crippen molar-refractivity contribution in [1.29, 1.82) is 0 Å². The van der Waals surface area contributed by atoms with Gasteiger partial charge in [-0.2, -0.15) is 0 Å². The fourth-order valence-electron chi connectivity index (χ4n) is 2.25. The lowest BCUT2D eigenvalue weighted by Crippen LogP contribution is -2.05. The molecule has 0 unspecified atom stereocenters. The van der Waals surface area contributed by atoms with E-state index in [1.165, 1.54) is 19.7 Å². The van der Waals surface area contributed by atoms with E-state index in [0.29, 0.717) is 23.8 Å². The van der Waals surface area contributed by atoms with Crippen molar-refractivity contribution in [2.75, 3.05) is 18.2 Å². The van der Waals surface area contributed by atoms with E-state index in [-0.39, 0.29) is 0 Å². The molecule has 0 amide bonds. The average Bonchev–Trinajstić information content (AvgIpc) is 2.68. The smallest absolute Gasteiger partial charge is 0.144 e. The summed E-state index contributed by atoms with van der Waals surface area (Å²) in [6.45, 7) is 0.522. The molecule has 0 atom stereocenters. The highest BCUT2D eigenvalue weighted by molar-refractivity contribution is 5.92. The molecule has 0 aliphatic rings. The van der Waals surface area contributed by atoms with E-state index in [1.54, 1.807) is 0 Å². The molecular weight excluding hydrogens is 330 g/mol. The lowest BCUT2D eigenvalue weighted by molar-refractivity contribution is 0.215. The summed E-state index contributed by atoms with van der Waals surface area (Å²) in [6.07, 6.45) is 2.86. The summed E-state index contributed by atoms with van der Waals surface area (Å²) in [4.78, 5) is 12.9. The van der Waals surface area contributed by atoms with Gasteiger partial charge in [-0.25, -0.2) is 9.97 Å². The van der Waals surface area contributed by atoms with Crippen molar-refractivity contribution in [3.05, 3.63) is 72.1 Å². The quantitative estimate of drug-likeness (QED) is 0.502. The molecule has 0 saturated heterocycles. The van der Waals surface area contributed by atoms with E-state index < -0.39 is 0 Å². The van der Waals surface area contributed by atoms with Crippen LogP contribution in [0, 0.1) is 0 Å². The molecule has 1 heterocycles. The van der Waals surface area contributed by atoms with E-state index in [1.807, 2.05) is 54.6 Å². The van der Waals surface area contributed by atoms with Crippen LogP contribution in [0.25, 0.3) is 0 Å². The number of nitrogens with two attached hydrogens (primary N) is 1. The standard InChI is InChI=1S/C19H19N5O2/c1-25-23-11-17-18(20)21-13-22-19(17)24-15-7-9-16(10-8-15)26-12-14-5-3-2-4-6-14/h2-11,13H,12H2,1H3,(H3,20,21,22,24). The minimum atomic E-state index is 0.311. The maximum absolute atomic E-state index is 5.88. The molecule has 0 aliphatic carbocycles. The summed E-state index contributed by atoms with van der Waals surface area (Å²) in [5.74, 6) is 1.63. The van der Waals surface area contributed by atoms with Gasteiger partial charge in [0, 0.05) is 5.69 Å². The van der Waals surface area contributed by atoms with Crippen molar-refractivity contribution >= 4 is 23.5 Å². The summed E-state index contributed by atoms with van der Waals surface area (Å²) < 4.78 is 5.78. The van der Waals surface area contributed by atoms with Gasteiger partial charge in [0.05, 0.1) is 11.8 Å². The second-order valence-electron chi connectivity index (χ2n) is 5.36. The Bertz CT molecular complexity index is 867. The molecule has 132 valence electrons. The molecule has 2 aromatic carbocycles. The zero-order valence-corrected chi connectivity index (χ0v) is 14.3. The first kappa shape index (κ1) is 17.2. The number of nitrogen functional groups attached to an aromatic ring is 1. The zero-order chi connectivity index (χ0) is 18.2. The highest BCUT2D eigenvalue weighted by Gasteiger charge is 2.08. The van der Waals surface area contributed by atoms with Gasteiger partial charge < -0.3 is 20.6 Å². The first-order chi connectivity index (χ1) is 12.8. The van der Waals surface area contributed by atoms with Crippen LogP contribution < -0.4 is 15.8 Å². The van der Waals surface area contributed by atoms with E-state index in [0.717, 1.165) is 17.0 Å². The fourth-order valence-corrected chi connectivity index (χ4v) is 2.25. The fraction of sp³-hybridized carbons (Fsp3) is 0.105. The monoisotopic (exact) mass is 349 g/mol. The molecule has 0 saturated carbocycles. The molecule has 3 aromatic rings. The Balaban J connectivity index is 1.68. The molecule has 0 fully saturated rings. The Morgan fingerprint density at radius 2 is 1.85 bits per heavy atom. The van der Waals surface area contributed by atoms with Gasteiger partial charge in [-0.3, -0.25) is 0 Å². The summed E-state index contributed by atoms with van der Waals surface area (Å²) in [6, 6.07) is 17.6. The van der Waals surface area contributed by atoms with Gasteiger partial charge in [0.2, 0.25) is 0 Å². The number of anilines is 3. The molecule has 7 heteroatoms. The maximum Gasteiger partial charge on any atom is 0.144 e. The van der Waals surface area contributed by atoms with Gasteiger partial charge in [0.25, 0.3) is 0 Å². The predicted octanol–water partition coefficient (Wildman–Crippen LogP) is 3.36. The third kappa shape index (κ3) is 4.47. The number of hydrogen-bond donors (Lipinski definition) is 2. The van der Waals surface area contributed by atoms with Crippen LogP contribution in [0.15, 0.2) is 66.1 Å². The van der Waals surface area contributed by atoms with Gasteiger partial charge >= 0.3 is 0 Å². The minimum Gasteiger partial charge on any atom is -0.489 e. The van der Waals surface area contributed by atoms with Gasteiger partial charge in [-0.15, -0.1) is 0 Å². The van der Waals surface area contributed by atoms with Crippen molar-refractivity contribution in [3.63, 3.8) is 0 Å². The second-order valence-corrected chi connectivity index (χ2v) is 5.36. The highest BCUT2D eigenvalue weighted by atomic mass is 16.6. The van der Waals surface area contributed by atoms with Crippen LogP contribution in [-0.4, -0.2) is 23.3 Å². The average molecular weight is 349 g/mol. The summed E-state index contributed by atoms with van der Waals surface area (Å²) in [5.41, 5.74) is 8.39. The summed E-state index contributed by atoms with van der Waals surface area (Å²) in [7, 11) is 1.46. The molecule has 3 rings (SSSR count). The maximum atomic E-state index is 5.88. The first-order valence-electron chi connectivity index (χ1n) is 7.97. The Morgan fingerprint density at radius 3 is 2.58 bits per heavy atom. The molecule has 0 spiro atoms. The normalized spacial score (nSPS) is 10.7. The molecule has 0 bridgehead atoms. The van der Waals surface area contributed by atoms with Crippen LogP contribution in [0.3, 0.4) is 0 Å². The number of oxime groups is 1. The number of benzene rings is 2. The third-order valence-electron chi connectivity index (χ3n) is 3.57. The lowest BCUT2D eigenvalue weighted by Gasteiger charge is -2.11. The number of hydrogen-bond acceptors (Lipinski definition) is 7. The molecule has 7 nitrogen and oxygen atoms in total. The van der Waals surface area contributed by atoms with E-state index in [4.69, 9.17) is 15.3 Å². The van der Waals surface area contributed by atoms with Crippen molar-refractivity contribution < 1.29 is 9.57 Å². The zero-order valence-electron chi connectivity index (χ0n) is 14.3. The van der Waals surface area contributed by atoms with Crippen LogP contribution in [0.2, 0.25) is 0 Å². The highest BCUT2D eigenvalue weighted by Crippen LogP contribution is 2.23. The van der Waals surface area contributed by atoms with Crippen molar-refractivity contribution in [3.8, 4) is 5.75 Å². The van der Waals surface area contributed by atoms with E-state index in [2.05, 4.69) is 20.4 Å². The van der Waals surface area contributed by atoms with E-state index in [9.17, 15) is 0 Å². The number of nitrogens with zero attached hydrogens (tertiary/aromatic N) is 3. The number of ether oxygens (including phenoxy) is 1. The third-order valence-corrected chi connectivity index (χ3v) is 3.57. The molecular formula is C19H19N5O2. The van der Waals surface area contributed by atoms with E-state index >= 15 is 0 Å².